The fourth-order valence-electron chi connectivity index (χ4n) is 2.18. The third-order valence-electron chi connectivity index (χ3n) is 3.31. The van der Waals surface area contributed by atoms with Gasteiger partial charge in [0.2, 0.25) is 0 Å². The molecule has 2 aromatic rings. The summed E-state index contributed by atoms with van der Waals surface area (Å²) in [6, 6.07) is 12.6. The number of hydrogen-bond donors (Lipinski definition) is 2. The van der Waals surface area contributed by atoms with Gasteiger partial charge in [-0.05, 0) is 44.2 Å². The Morgan fingerprint density at radius 2 is 1.92 bits per heavy atom. The zero-order valence-corrected chi connectivity index (χ0v) is 15.5. The van der Waals surface area contributed by atoms with E-state index in [1.165, 1.54) is 18.2 Å². The quantitative estimate of drug-likeness (QED) is 0.695. The molecule has 0 unspecified atom stereocenters. The van der Waals surface area contributed by atoms with E-state index >= 15 is 0 Å². The van der Waals surface area contributed by atoms with Crippen LogP contribution in [0.15, 0.2) is 66.1 Å². The molecule has 0 aromatic heterocycles. The summed E-state index contributed by atoms with van der Waals surface area (Å²) in [5.74, 6) is 0.0662. The van der Waals surface area contributed by atoms with Crippen LogP contribution in [0.2, 0.25) is 0 Å². The fraction of sp³-hybridized carbons (Fsp3) is 0.211. The van der Waals surface area contributed by atoms with Gasteiger partial charge in [0, 0.05) is 12.1 Å². The first-order valence-corrected chi connectivity index (χ1v) is 9.59. The van der Waals surface area contributed by atoms with Crippen molar-refractivity contribution in [3.63, 3.8) is 0 Å². The first kappa shape index (κ1) is 19.5. The molecule has 0 fully saturated rings. The maximum atomic E-state index is 12.7. The zero-order chi connectivity index (χ0) is 19.2. The van der Waals surface area contributed by atoms with E-state index in [4.69, 9.17) is 4.74 Å². The van der Waals surface area contributed by atoms with Crippen LogP contribution in [0.3, 0.4) is 0 Å². The monoisotopic (exact) mass is 374 g/mol. The molecule has 2 N–H and O–H groups in total. The van der Waals surface area contributed by atoms with Crippen LogP contribution in [-0.4, -0.2) is 27.0 Å². The molecular formula is C19H22N2O4S. The molecule has 2 rings (SSSR count). The Balaban J connectivity index is 2.29. The summed E-state index contributed by atoms with van der Waals surface area (Å²) in [4.78, 5) is 12.0. The topological polar surface area (TPSA) is 84.5 Å². The molecule has 0 heterocycles. The highest BCUT2D eigenvalue weighted by atomic mass is 32.2. The third kappa shape index (κ3) is 5.10. The summed E-state index contributed by atoms with van der Waals surface area (Å²) in [5, 5.41) is 2.62. The van der Waals surface area contributed by atoms with Gasteiger partial charge in [-0.2, -0.15) is 0 Å². The Kier molecular flexibility index (Phi) is 6.41. The van der Waals surface area contributed by atoms with E-state index in [9.17, 15) is 13.2 Å². The molecule has 0 aliphatic heterocycles. The minimum atomic E-state index is -3.88. The summed E-state index contributed by atoms with van der Waals surface area (Å²) < 4.78 is 33.6. The maximum absolute atomic E-state index is 12.7. The lowest BCUT2D eigenvalue weighted by molar-refractivity contribution is 0.0958. The van der Waals surface area contributed by atoms with Gasteiger partial charge >= 0.3 is 0 Å². The molecule has 26 heavy (non-hydrogen) atoms. The van der Waals surface area contributed by atoms with Gasteiger partial charge in [-0.3, -0.25) is 9.52 Å². The van der Waals surface area contributed by atoms with Gasteiger partial charge in [-0.25, -0.2) is 8.42 Å². The largest absolute Gasteiger partial charge is 0.489 e. The maximum Gasteiger partial charge on any atom is 0.262 e. The smallest absolute Gasteiger partial charge is 0.262 e. The second kappa shape index (κ2) is 8.53. The number of sulfonamides is 1. The molecule has 2 aromatic carbocycles. The summed E-state index contributed by atoms with van der Waals surface area (Å²) in [5.41, 5.74) is 0.587. The second-order valence-corrected chi connectivity index (χ2v) is 7.48. The van der Waals surface area contributed by atoms with Gasteiger partial charge in [-0.1, -0.05) is 24.3 Å². The molecular weight excluding hydrogens is 352 g/mol. The number of benzene rings is 2. The van der Waals surface area contributed by atoms with Crippen molar-refractivity contribution in [3.8, 4) is 5.75 Å². The fourth-order valence-corrected chi connectivity index (χ4v) is 3.30. The number of para-hydroxylation sites is 2. The molecule has 7 heteroatoms. The van der Waals surface area contributed by atoms with Crippen LogP contribution in [0.4, 0.5) is 5.69 Å². The molecule has 0 aliphatic rings. The zero-order valence-electron chi connectivity index (χ0n) is 14.7. The van der Waals surface area contributed by atoms with E-state index in [2.05, 4.69) is 16.6 Å². The second-order valence-electron chi connectivity index (χ2n) is 5.79. The summed E-state index contributed by atoms with van der Waals surface area (Å²) in [6.45, 7) is 7.54. The first-order chi connectivity index (χ1) is 12.3. The van der Waals surface area contributed by atoms with Crippen molar-refractivity contribution in [2.24, 2.45) is 0 Å². The Hall–Kier alpha value is -2.80. The molecule has 1 amide bonds. The average Bonchev–Trinajstić information content (AvgIpc) is 2.61. The van der Waals surface area contributed by atoms with Crippen molar-refractivity contribution in [2.75, 3.05) is 11.3 Å². The summed E-state index contributed by atoms with van der Waals surface area (Å²) >= 11 is 0. The van der Waals surface area contributed by atoms with Gasteiger partial charge in [-0.15, -0.1) is 6.58 Å². The minimum Gasteiger partial charge on any atom is -0.489 e. The number of amides is 1. The van der Waals surface area contributed by atoms with E-state index in [0.717, 1.165) is 0 Å². The van der Waals surface area contributed by atoms with E-state index in [1.54, 1.807) is 36.4 Å². The van der Waals surface area contributed by atoms with Crippen LogP contribution in [0, 0.1) is 0 Å². The summed E-state index contributed by atoms with van der Waals surface area (Å²) in [7, 11) is -3.88. The average molecular weight is 374 g/mol. The first-order valence-electron chi connectivity index (χ1n) is 8.11. The lowest BCUT2D eigenvalue weighted by Gasteiger charge is -2.16. The van der Waals surface area contributed by atoms with Crippen LogP contribution in [0.25, 0.3) is 0 Å². The number of carbonyl (C=O) groups is 1. The number of ether oxygens (including phenoxy) is 1. The van der Waals surface area contributed by atoms with E-state index in [1.807, 2.05) is 13.8 Å². The standard InChI is InChI=1S/C19H22N2O4S/c1-4-12-20-19(22)15-8-7-9-16(13-15)26(23,24)21-17-10-5-6-11-18(17)25-14(2)3/h4-11,13-14,21H,1,12H2,2-3H3,(H,20,22). The number of rotatable bonds is 8. The van der Waals surface area contributed by atoms with E-state index in [0.29, 0.717) is 18.0 Å². The lowest BCUT2D eigenvalue weighted by Crippen LogP contribution is -2.23. The van der Waals surface area contributed by atoms with Crippen LogP contribution in [0.1, 0.15) is 24.2 Å². The molecule has 0 atom stereocenters. The summed E-state index contributed by atoms with van der Waals surface area (Å²) in [6.07, 6.45) is 1.45. The normalized spacial score (nSPS) is 11.0. The Morgan fingerprint density at radius 3 is 2.62 bits per heavy atom. The molecule has 0 saturated carbocycles. The molecule has 0 aliphatic carbocycles. The number of anilines is 1. The van der Waals surface area contributed by atoms with E-state index < -0.39 is 10.0 Å². The Bertz CT molecular complexity index is 892. The highest BCUT2D eigenvalue weighted by Crippen LogP contribution is 2.27. The predicted molar refractivity (Wildman–Crippen MR) is 102 cm³/mol. The Labute approximate surface area is 153 Å². The predicted octanol–water partition coefficient (Wildman–Crippen LogP) is 3.19. The molecule has 138 valence electrons. The molecule has 0 saturated heterocycles. The molecule has 6 nitrogen and oxygen atoms in total. The third-order valence-corrected chi connectivity index (χ3v) is 4.67. The van der Waals surface area contributed by atoms with Gasteiger partial charge in [0.15, 0.2) is 0 Å². The number of nitrogens with one attached hydrogen (secondary N) is 2. The van der Waals surface area contributed by atoms with Crippen LogP contribution >= 0.6 is 0 Å². The van der Waals surface area contributed by atoms with Crippen LogP contribution in [0.5, 0.6) is 5.75 Å². The van der Waals surface area contributed by atoms with E-state index in [-0.39, 0.29) is 22.5 Å². The highest BCUT2D eigenvalue weighted by Gasteiger charge is 2.18. The van der Waals surface area contributed by atoms with Crippen molar-refractivity contribution in [2.45, 2.75) is 24.8 Å². The van der Waals surface area contributed by atoms with Gasteiger partial charge in [0.1, 0.15) is 5.75 Å². The van der Waals surface area contributed by atoms with Crippen LogP contribution in [-0.2, 0) is 10.0 Å². The van der Waals surface area contributed by atoms with Crippen molar-refractivity contribution >= 4 is 21.6 Å². The van der Waals surface area contributed by atoms with Crippen LogP contribution < -0.4 is 14.8 Å². The van der Waals surface area contributed by atoms with Gasteiger partial charge < -0.3 is 10.1 Å². The molecule has 0 bridgehead atoms. The van der Waals surface area contributed by atoms with Crippen molar-refractivity contribution in [1.82, 2.24) is 5.32 Å². The minimum absolute atomic E-state index is 0.0110. The number of carbonyl (C=O) groups excluding carboxylic acids is 1. The van der Waals surface area contributed by atoms with Crippen molar-refractivity contribution in [1.29, 1.82) is 0 Å². The van der Waals surface area contributed by atoms with Crippen molar-refractivity contribution < 1.29 is 17.9 Å². The lowest BCUT2D eigenvalue weighted by atomic mass is 10.2. The molecule has 0 radical (unpaired) electrons. The van der Waals surface area contributed by atoms with Crippen molar-refractivity contribution in [3.05, 3.63) is 66.7 Å². The highest BCUT2D eigenvalue weighted by molar-refractivity contribution is 7.92. The van der Waals surface area contributed by atoms with Gasteiger partial charge in [0.25, 0.3) is 15.9 Å². The van der Waals surface area contributed by atoms with Gasteiger partial charge in [0.05, 0.1) is 16.7 Å². The SMILES string of the molecule is C=CCNC(=O)c1cccc(S(=O)(=O)Nc2ccccc2OC(C)C)c1. The Morgan fingerprint density at radius 1 is 1.19 bits per heavy atom. The molecule has 0 spiro atoms. The number of hydrogen-bond acceptors (Lipinski definition) is 4.